The van der Waals surface area contributed by atoms with Gasteiger partial charge in [-0.15, -0.1) is 0 Å². The number of hydrogen-bond acceptors (Lipinski definition) is 2. The Kier molecular flexibility index (Phi) is 5.71. The minimum Gasteiger partial charge on any atom is -0.497 e. The normalized spacial score (nSPS) is 22.6. The zero-order valence-electron chi connectivity index (χ0n) is 12.3. The van der Waals surface area contributed by atoms with Crippen molar-refractivity contribution in [1.29, 1.82) is 0 Å². The third-order valence-corrected chi connectivity index (χ3v) is 4.28. The van der Waals surface area contributed by atoms with Crippen molar-refractivity contribution >= 4 is 0 Å². The quantitative estimate of drug-likeness (QED) is 0.756. The third-order valence-electron chi connectivity index (χ3n) is 4.28. The molecule has 1 aliphatic rings. The summed E-state index contributed by atoms with van der Waals surface area (Å²) in [5.74, 6) is 2.69. The summed E-state index contributed by atoms with van der Waals surface area (Å²) in [5.41, 5.74) is 1.42. The van der Waals surface area contributed by atoms with Crippen molar-refractivity contribution in [2.24, 2.45) is 11.8 Å². The Morgan fingerprint density at radius 2 is 2.11 bits per heavy atom. The van der Waals surface area contributed by atoms with E-state index in [1.54, 1.807) is 7.11 Å². The number of methoxy groups -OCH3 is 1. The van der Waals surface area contributed by atoms with Gasteiger partial charge >= 0.3 is 0 Å². The molecule has 0 aromatic heterocycles. The fourth-order valence-electron chi connectivity index (χ4n) is 3.22. The van der Waals surface area contributed by atoms with Crippen LogP contribution in [0.5, 0.6) is 5.75 Å². The highest BCUT2D eigenvalue weighted by atomic mass is 16.5. The van der Waals surface area contributed by atoms with Crippen molar-refractivity contribution in [2.45, 2.75) is 39.0 Å². The number of rotatable bonds is 7. The molecule has 2 heteroatoms. The molecule has 19 heavy (non-hydrogen) atoms. The molecule has 1 aromatic rings. The Hall–Kier alpha value is -1.02. The molecule has 1 saturated carbocycles. The van der Waals surface area contributed by atoms with E-state index >= 15 is 0 Å². The lowest BCUT2D eigenvalue weighted by molar-refractivity contribution is 0.364. The Labute approximate surface area is 117 Å². The van der Waals surface area contributed by atoms with E-state index in [4.69, 9.17) is 4.74 Å². The number of hydrogen-bond donors (Lipinski definition) is 1. The third kappa shape index (κ3) is 4.24. The molecule has 0 radical (unpaired) electrons. The molecule has 0 aliphatic heterocycles. The van der Waals surface area contributed by atoms with Crippen LogP contribution in [0.2, 0.25) is 0 Å². The summed E-state index contributed by atoms with van der Waals surface area (Å²) in [6, 6.07) is 8.55. The molecule has 1 aliphatic carbocycles. The summed E-state index contributed by atoms with van der Waals surface area (Å²) in [6.07, 6.45) is 6.61. The number of benzene rings is 1. The second kappa shape index (κ2) is 7.54. The Bertz CT molecular complexity index is 377. The van der Waals surface area contributed by atoms with E-state index in [0.717, 1.165) is 24.1 Å². The molecule has 0 saturated heterocycles. The number of nitrogens with one attached hydrogen (secondary N) is 1. The van der Waals surface area contributed by atoms with Crippen LogP contribution in [0, 0.1) is 11.8 Å². The average Bonchev–Trinajstić information content (AvgIpc) is 2.87. The van der Waals surface area contributed by atoms with Gasteiger partial charge in [-0.25, -0.2) is 0 Å². The van der Waals surface area contributed by atoms with E-state index in [1.165, 1.54) is 44.2 Å². The summed E-state index contributed by atoms with van der Waals surface area (Å²) in [5, 5.41) is 3.59. The largest absolute Gasteiger partial charge is 0.497 e. The molecular weight excluding hydrogens is 234 g/mol. The van der Waals surface area contributed by atoms with Gasteiger partial charge in [0.15, 0.2) is 0 Å². The summed E-state index contributed by atoms with van der Waals surface area (Å²) in [7, 11) is 1.74. The number of ether oxygens (including phenoxy) is 1. The van der Waals surface area contributed by atoms with Crippen LogP contribution in [0.3, 0.4) is 0 Å². The lowest BCUT2D eigenvalue weighted by Crippen LogP contribution is -2.26. The van der Waals surface area contributed by atoms with Crippen LogP contribution in [0.25, 0.3) is 0 Å². The van der Waals surface area contributed by atoms with Crippen molar-refractivity contribution in [2.75, 3.05) is 20.2 Å². The fraction of sp³-hybridized carbons (Fsp3) is 0.647. The van der Waals surface area contributed by atoms with Gasteiger partial charge in [0.1, 0.15) is 5.75 Å². The van der Waals surface area contributed by atoms with Crippen molar-refractivity contribution in [1.82, 2.24) is 5.32 Å². The Morgan fingerprint density at radius 3 is 2.89 bits per heavy atom. The van der Waals surface area contributed by atoms with E-state index in [1.807, 2.05) is 6.07 Å². The van der Waals surface area contributed by atoms with E-state index < -0.39 is 0 Å². The fourth-order valence-corrected chi connectivity index (χ4v) is 3.22. The minimum absolute atomic E-state index is 0.844. The summed E-state index contributed by atoms with van der Waals surface area (Å²) in [6.45, 7) is 4.58. The second-order valence-corrected chi connectivity index (χ2v) is 5.71. The SMILES string of the molecule is CCCNCC1CCCC1Cc1cccc(OC)c1. The molecule has 0 amide bonds. The highest BCUT2D eigenvalue weighted by Gasteiger charge is 2.26. The first-order valence-electron chi connectivity index (χ1n) is 7.67. The van der Waals surface area contributed by atoms with Gasteiger partial charge in [0.25, 0.3) is 0 Å². The van der Waals surface area contributed by atoms with Crippen LogP contribution in [0.1, 0.15) is 38.2 Å². The standard InChI is InChI=1S/C17H27NO/c1-3-10-18-13-16-8-5-7-15(16)11-14-6-4-9-17(12-14)19-2/h4,6,9,12,15-16,18H,3,5,7-8,10-11,13H2,1-2H3. The molecule has 2 atom stereocenters. The highest BCUT2D eigenvalue weighted by Crippen LogP contribution is 2.34. The van der Waals surface area contributed by atoms with Gasteiger partial charge in [-0.3, -0.25) is 0 Å². The second-order valence-electron chi connectivity index (χ2n) is 5.71. The minimum atomic E-state index is 0.844. The van der Waals surface area contributed by atoms with Gasteiger partial charge in [0.2, 0.25) is 0 Å². The maximum Gasteiger partial charge on any atom is 0.119 e. The predicted octanol–water partition coefficient (Wildman–Crippen LogP) is 3.65. The topological polar surface area (TPSA) is 21.3 Å². The first-order chi connectivity index (χ1) is 9.33. The van der Waals surface area contributed by atoms with Crippen molar-refractivity contribution in [3.05, 3.63) is 29.8 Å². The van der Waals surface area contributed by atoms with Crippen LogP contribution in [-0.4, -0.2) is 20.2 Å². The van der Waals surface area contributed by atoms with E-state index in [-0.39, 0.29) is 0 Å². The van der Waals surface area contributed by atoms with Crippen molar-refractivity contribution in [3.8, 4) is 5.75 Å². The zero-order valence-corrected chi connectivity index (χ0v) is 12.3. The highest BCUT2D eigenvalue weighted by molar-refractivity contribution is 5.28. The van der Waals surface area contributed by atoms with E-state index in [2.05, 4.69) is 30.4 Å². The van der Waals surface area contributed by atoms with Gasteiger partial charge in [-0.1, -0.05) is 25.5 Å². The molecular formula is C17H27NO. The predicted molar refractivity (Wildman–Crippen MR) is 80.7 cm³/mol. The molecule has 2 rings (SSSR count). The molecule has 0 bridgehead atoms. The van der Waals surface area contributed by atoms with Crippen molar-refractivity contribution < 1.29 is 4.74 Å². The van der Waals surface area contributed by atoms with Crippen LogP contribution < -0.4 is 10.1 Å². The molecule has 1 aromatic carbocycles. The van der Waals surface area contributed by atoms with E-state index in [0.29, 0.717) is 0 Å². The summed E-state index contributed by atoms with van der Waals surface area (Å²) < 4.78 is 5.31. The van der Waals surface area contributed by atoms with Crippen LogP contribution in [-0.2, 0) is 6.42 Å². The van der Waals surface area contributed by atoms with Crippen LogP contribution in [0.4, 0.5) is 0 Å². The maximum atomic E-state index is 5.31. The average molecular weight is 261 g/mol. The molecule has 2 unspecified atom stereocenters. The molecule has 0 spiro atoms. The molecule has 1 N–H and O–H groups in total. The molecule has 1 fully saturated rings. The van der Waals surface area contributed by atoms with Crippen LogP contribution in [0.15, 0.2) is 24.3 Å². The first-order valence-corrected chi connectivity index (χ1v) is 7.67. The lowest BCUT2D eigenvalue weighted by atomic mass is 9.89. The molecule has 2 nitrogen and oxygen atoms in total. The summed E-state index contributed by atoms with van der Waals surface area (Å²) >= 11 is 0. The maximum absolute atomic E-state index is 5.31. The van der Waals surface area contributed by atoms with Gasteiger partial charge in [-0.05, 0) is 68.3 Å². The Morgan fingerprint density at radius 1 is 1.26 bits per heavy atom. The zero-order chi connectivity index (χ0) is 13.5. The van der Waals surface area contributed by atoms with E-state index in [9.17, 15) is 0 Å². The molecule has 106 valence electrons. The van der Waals surface area contributed by atoms with Gasteiger partial charge in [0.05, 0.1) is 7.11 Å². The van der Waals surface area contributed by atoms with Crippen molar-refractivity contribution in [3.63, 3.8) is 0 Å². The lowest BCUT2D eigenvalue weighted by Gasteiger charge is -2.20. The molecule has 0 heterocycles. The Balaban J connectivity index is 1.89. The summed E-state index contributed by atoms with van der Waals surface area (Å²) in [4.78, 5) is 0. The van der Waals surface area contributed by atoms with Gasteiger partial charge < -0.3 is 10.1 Å². The first kappa shape index (κ1) is 14.4. The monoisotopic (exact) mass is 261 g/mol. The van der Waals surface area contributed by atoms with Crippen LogP contribution >= 0.6 is 0 Å². The van der Waals surface area contributed by atoms with Gasteiger partial charge in [0, 0.05) is 0 Å². The van der Waals surface area contributed by atoms with Gasteiger partial charge in [-0.2, -0.15) is 0 Å². The smallest absolute Gasteiger partial charge is 0.119 e.